The van der Waals surface area contributed by atoms with Crippen molar-refractivity contribution in [3.63, 3.8) is 0 Å². The Hall–Kier alpha value is -3.76. The van der Waals surface area contributed by atoms with E-state index < -0.39 is 29.6 Å². The van der Waals surface area contributed by atoms with E-state index in [4.69, 9.17) is 0 Å². The summed E-state index contributed by atoms with van der Waals surface area (Å²) in [6.45, 7) is -0.287. The van der Waals surface area contributed by atoms with Crippen molar-refractivity contribution in [3.05, 3.63) is 59.7 Å². The predicted octanol–water partition coefficient (Wildman–Crippen LogP) is 3.97. The zero-order valence-electron chi connectivity index (χ0n) is 18.6. The Morgan fingerprint density at radius 1 is 1.00 bits per heavy atom. The summed E-state index contributed by atoms with van der Waals surface area (Å²) in [4.78, 5) is 38.0. The Balaban J connectivity index is 1.34. The number of carbonyl (C=O) groups excluding carboxylic acids is 2. The first-order valence-electron chi connectivity index (χ1n) is 11.2. The van der Waals surface area contributed by atoms with Crippen molar-refractivity contribution in [1.29, 1.82) is 0 Å². The van der Waals surface area contributed by atoms with Crippen molar-refractivity contribution in [2.45, 2.75) is 50.0 Å². The molecule has 2 aliphatic heterocycles. The minimum Gasteiger partial charge on any atom is -0.465 e. The summed E-state index contributed by atoms with van der Waals surface area (Å²) in [5, 5.41) is 17.6. The number of hydrogen-bond acceptors (Lipinski definition) is 4. The highest BCUT2D eigenvalue weighted by atomic mass is 19.4. The van der Waals surface area contributed by atoms with Crippen molar-refractivity contribution in [1.82, 2.24) is 15.5 Å². The lowest BCUT2D eigenvalue weighted by atomic mass is 9.98. The third-order valence-corrected chi connectivity index (χ3v) is 6.37. The number of carbonyl (C=O) groups is 3. The Labute approximate surface area is 199 Å². The van der Waals surface area contributed by atoms with Crippen LogP contribution >= 0.6 is 0 Å². The molecule has 0 aromatic heterocycles. The molecule has 4 rings (SSSR count). The van der Waals surface area contributed by atoms with E-state index in [9.17, 15) is 32.7 Å². The molecule has 2 bridgehead atoms. The minimum atomic E-state index is -4.49. The second-order valence-electron chi connectivity index (χ2n) is 8.74. The lowest BCUT2D eigenvalue weighted by Crippen LogP contribution is -2.53. The van der Waals surface area contributed by atoms with Gasteiger partial charge in [0.05, 0.1) is 23.4 Å². The standard InChI is InChI=1S/C24H25F3N4O4/c25-24(26,27)14-4-3-5-15(10-14)29-20-7-2-1-6-19(20)22(33)28-13-21(32)30-16-11-17-8-9-18(12-16)31(17)23(34)35/h1-7,10,16-18,29H,8-9,11-13H2,(H,28,33)(H,30,32)(H,34,35). The molecule has 186 valence electrons. The normalized spacial score (nSPS) is 21.3. The third kappa shape index (κ3) is 5.67. The van der Waals surface area contributed by atoms with Gasteiger partial charge >= 0.3 is 12.3 Å². The van der Waals surface area contributed by atoms with Crippen LogP contribution in [-0.2, 0) is 11.0 Å². The Morgan fingerprint density at radius 2 is 1.69 bits per heavy atom. The van der Waals surface area contributed by atoms with Crippen molar-refractivity contribution in [3.8, 4) is 0 Å². The van der Waals surface area contributed by atoms with E-state index in [0.29, 0.717) is 18.5 Å². The largest absolute Gasteiger partial charge is 0.465 e. The molecule has 0 aliphatic carbocycles. The number of hydrogen-bond donors (Lipinski definition) is 4. The van der Waals surface area contributed by atoms with E-state index >= 15 is 0 Å². The number of rotatable bonds is 6. The number of carboxylic acid groups (broad SMARTS) is 1. The fraction of sp³-hybridized carbons (Fsp3) is 0.375. The molecule has 35 heavy (non-hydrogen) atoms. The van der Waals surface area contributed by atoms with E-state index in [1.807, 2.05) is 0 Å². The summed E-state index contributed by atoms with van der Waals surface area (Å²) in [7, 11) is 0. The molecule has 11 heteroatoms. The van der Waals surface area contributed by atoms with Gasteiger partial charge in [0.1, 0.15) is 0 Å². The average Bonchev–Trinajstić information content (AvgIpc) is 3.08. The number of amides is 3. The second-order valence-corrected chi connectivity index (χ2v) is 8.74. The first kappa shape index (κ1) is 24.4. The smallest absolute Gasteiger partial charge is 0.416 e. The molecule has 4 N–H and O–H groups in total. The lowest BCUT2D eigenvalue weighted by molar-refractivity contribution is -0.137. The molecule has 2 aromatic carbocycles. The third-order valence-electron chi connectivity index (χ3n) is 6.37. The molecule has 0 saturated carbocycles. The molecule has 2 aromatic rings. The van der Waals surface area contributed by atoms with Crippen molar-refractivity contribution in [2.75, 3.05) is 11.9 Å². The number of fused-ring (bicyclic) bond motifs is 2. The Morgan fingerprint density at radius 3 is 2.34 bits per heavy atom. The fourth-order valence-electron chi connectivity index (χ4n) is 4.86. The van der Waals surface area contributed by atoms with Crippen LogP contribution in [0.1, 0.15) is 41.6 Å². The van der Waals surface area contributed by atoms with Crippen molar-refractivity contribution >= 4 is 29.3 Å². The summed E-state index contributed by atoms with van der Waals surface area (Å²) in [6, 6.07) is 10.6. The number of nitrogens with one attached hydrogen (secondary N) is 3. The van der Waals surface area contributed by atoms with Gasteiger partial charge in [0.2, 0.25) is 5.91 Å². The van der Waals surface area contributed by atoms with Gasteiger partial charge in [-0.3, -0.25) is 9.59 Å². The van der Waals surface area contributed by atoms with Crippen LogP contribution in [0, 0.1) is 0 Å². The van der Waals surface area contributed by atoms with Gasteiger partial charge in [0, 0.05) is 23.8 Å². The molecule has 2 atom stereocenters. The van der Waals surface area contributed by atoms with Crippen LogP contribution < -0.4 is 16.0 Å². The number of anilines is 2. The van der Waals surface area contributed by atoms with E-state index in [1.165, 1.54) is 23.1 Å². The highest BCUT2D eigenvalue weighted by Crippen LogP contribution is 2.36. The van der Waals surface area contributed by atoms with E-state index in [0.717, 1.165) is 25.0 Å². The molecule has 8 nitrogen and oxygen atoms in total. The van der Waals surface area contributed by atoms with Crippen LogP contribution in [0.15, 0.2) is 48.5 Å². The maximum atomic E-state index is 13.0. The van der Waals surface area contributed by atoms with Gasteiger partial charge in [-0.2, -0.15) is 13.2 Å². The number of alkyl halides is 3. The molecular weight excluding hydrogens is 465 g/mol. The highest BCUT2D eigenvalue weighted by Gasteiger charge is 2.43. The molecule has 3 amide bonds. The topological polar surface area (TPSA) is 111 Å². The van der Waals surface area contributed by atoms with Crippen LogP contribution in [0.4, 0.5) is 29.3 Å². The van der Waals surface area contributed by atoms with E-state index in [-0.39, 0.29) is 35.9 Å². The van der Waals surface area contributed by atoms with Gasteiger partial charge in [-0.25, -0.2) is 4.79 Å². The molecule has 2 heterocycles. The van der Waals surface area contributed by atoms with Crippen LogP contribution in [0.3, 0.4) is 0 Å². The Bertz CT molecular complexity index is 1110. The summed E-state index contributed by atoms with van der Waals surface area (Å²) >= 11 is 0. The first-order chi connectivity index (χ1) is 16.6. The number of benzene rings is 2. The van der Waals surface area contributed by atoms with Gasteiger partial charge in [0.15, 0.2) is 0 Å². The molecule has 2 unspecified atom stereocenters. The van der Waals surface area contributed by atoms with Gasteiger partial charge in [-0.05, 0) is 56.0 Å². The first-order valence-corrected chi connectivity index (χ1v) is 11.2. The lowest BCUT2D eigenvalue weighted by Gasteiger charge is -2.37. The number of para-hydroxylation sites is 1. The molecule has 0 radical (unpaired) electrons. The highest BCUT2D eigenvalue weighted by molar-refractivity contribution is 6.01. The SMILES string of the molecule is O=C(CNC(=O)c1ccccc1Nc1cccc(C(F)(F)F)c1)NC1CC2CCC(C1)N2C(=O)O. The predicted molar refractivity (Wildman–Crippen MR) is 121 cm³/mol. The number of piperidine rings is 1. The maximum Gasteiger partial charge on any atom is 0.416 e. The van der Waals surface area contributed by atoms with Crippen molar-refractivity contribution in [2.24, 2.45) is 0 Å². The molecular formula is C24H25F3N4O4. The molecule has 2 aliphatic rings. The van der Waals surface area contributed by atoms with Gasteiger partial charge in [0.25, 0.3) is 5.91 Å². The van der Waals surface area contributed by atoms with Gasteiger partial charge in [-0.1, -0.05) is 18.2 Å². The molecule has 0 spiro atoms. The van der Waals surface area contributed by atoms with Crippen LogP contribution in [-0.4, -0.2) is 52.6 Å². The monoisotopic (exact) mass is 490 g/mol. The summed E-state index contributed by atoms with van der Waals surface area (Å²) in [5.74, 6) is -0.953. The maximum absolute atomic E-state index is 13.0. The van der Waals surface area contributed by atoms with Crippen LogP contribution in [0.2, 0.25) is 0 Å². The number of nitrogens with zero attached hydrogens (tertiary/aromatic N) is 1. The minimum absolute atomic E-state index is 0.111. The average molecular weight is 490 g/mol. The van der Waals surface area contributed by atoms with E-state index in [2.05, 4.69) is 16.0 Å². The molecule has 2 saturated heterocycles. The summed E-state index contributed by atoms with van der Waals surface area (Å²) in [5.41, 5.74) is -0.184. The summed E-state index contributed by atoms with van der Waals surface area (Å²) in [6.07, 6.45) is -2.82. The summed E-state index contributed by atoms with van der Waals surface area (Å²) < 4.78 is 39.0. The second kappa shape index (κ2) is 9.85. The zero-order valence-corrected chi connectivity index (χ0v) is 18.6. The fourth-order valence-corrected chi connectivity index (χ4v) is 4.86. The van der Waals surface area contributed by atoms with E-state index in [1.54, 1.807) is 18.2 Å². The van der Waals surface area contributed by atoms with Crippen LogP contribution in [0.5, 0.6) is 0 Å². The number of halogens is 3. The zero-order chi connectivity index (χ0) is 25.2. The Kier molecular flexibility index (Phi) is 6.86. The molecule has 2 fully saturated rings. The van der Waals surface area contributed by atoms with Gasteiger partial charge < -0.3 is 26.0 Å². The van der Waals surface area contributed by atoms with Crippen LogP contribution in [0.25, 0.3) is 0 Å². The van der Waals surface area contributed by atoms with Crippen molar-refractivity contribution < 1.29 is 32.7 Å². The van der Waals surface area contributed by atoms with Gasteiger partial charge in [-0.15, -0.1) is 0 Å². The quantitative estimate of drug-likeness (QED) is 0.490.